The Morgan fingerprint density at radius 1 is 1.47 bits per heavy atom. The van der Waals surface area contributed by atoms with Crippen molar-refractivity contribution in [3.63, 3.8) is 0 Å². The summed E-state index contributed by atoms with van der Waals surface area (Å²) in [7, 11) is 0. The average molecular weight is 380 g/mol. The second kappa shape index (κ2) is 5.59. The maximum atomic E-state index is 11.6. The molecule has 0 aliphatic heterocycles. The summed E-state index contributed by atoms with van der Waals surface area (Å²) in [5.74, 6) is -0.155. The van der Waals surface area contributed by atoms with E-state index in [4.69, 9.17) is 4.74 Å². The SMILES string of the molecule is CC(C)(C)OC(=O)Nc1cc(O)c(I)cc1[N+](=O)[O-]. The van der Waals surface area contributed by atoms with E-state index >= 15 is 0 Å². The number of benzene rings is 1. The fourth-order valence-corrected chi connectivity index (χ4v) is 1.67. The number of phenols is 1. The van der Waals surface area contributed by atoms with Crippen LogP contribution in [-0.2, 0) is 4.74 Å². The summed E-state index contributed by atoms with van der Waals surface area (Å²) in [5.41, 5.74) is -1.14. The molecule has 2 N–H and O–H groups in total. The van der Waals surface area contributed by atoms with Gasteiger partial charge in [0.05, 0.1) is 8.49 Å². The molecule has 0 spiro atoms. The fraction of sp³-hybridized carbons (Fsp3) is 0.364. The molecule has 0 bridgehead atoms. The average Bonchev–Trinajstić information content (AvgIpc) is 2.19. The van der Waals surface area contributed by atoms with Gasteiger partial charge in [-0.15, -0.1) is 0 Å². The maximum absolute atomic E-state index is 11.6. The summed E-state index contributed by atoms with van der Waals surface area (Å²) in [6, 6.07) is 2.28. The zero-order chi connectivity index (χ0) is 14.8. The van der Waals surface area contributed by atoms with Gasteiger partial charge in [-0.2, -0.15) is 0 Å². The van der Waals surface area contributed by atoms with Gasteiger partial charge in [-0.05, 0) is 43.4 Å². The molecule has 0 saturated carbocycles. The molecule has 0 heterocycles. The number of hydrogen-bond acceptors (Lipinski definition) is 5. The van der Waals surface area contributed by atoms with Crippen LogP contribution in [0.4, 0.5) is 16.2 Å². The van der Waals surface area contributed by atoms with Crippen LogP contribution in [0.5, 0.6) is 5.75 Å². The first-order valence-corrected chi connectivity index (χ1v) is 6.35. The zero-order valence-corrected chi connectivity index (χ0v) is 12.7. The third-order valence-corrected chi connectivity index (χ3v) is 2.76. The lowest BCUT2D eigenvalue weighted by Gasteiger charge is -2.19. The quantitative estimate of drug-likeness (QED) is 0.466. The highest BCUT2D eigenvalue weighted by atomic mass is 127. The number of anilines is 1. The van der Waals surface area contributed by atoms with Crippen molar-refractivity contribution in [2.45, 2.75) is 26.4 Å². The smallest absolute Gasteiger partial charge is 0.412 e. The second-order valence-electron chi connectivity index (χ2n) is 4.70. The molecule has 0 atom stereocenters. The van der Waals surface area contributed by atoms with Crippen molar-refractivity contribution in [2.75, 3.05) is 5.32 Å². The molecule has 7 nitrogen and oxygen atoms in total. The fourth-order valence-electron chi connectivity index (χ4n) is 1.22. The lowest BCUT2D eigenvalue weighted by molar-refractivity contribution is -0.384. The van der Waals surface area contributed by atoms with Gasteiger partial charge in [-0.1, -0.05) is 0 Å². The Balaban J connectivity index is 3.03. The summed E-state index contributed by atoms with van der Waals surface area (Å²) in [6.07, 6.45) is -0.823. The number of phenolic OH excluding ortho intramolecular Hbond substituents is 1. The summed E-state index contributed by atoms with van der Waals surface area (Å²) in [4.78, 5) is 21.8. The standard InChI is InChI=1S/C11H13IN2O5/c1-11(2,3)19-10(16)13-7-5-9(15)6(12)4-8(7)14(17)18/h4-5,15H,1-3H3,(H,13,16). The van der Waals surface area contributed by atoms with Gasteiger partial charge >= 0.3 is 6.09 Å². The third-order valence-electron chi connectivity index (χ3n) is 1.90. The van der Waals surface area contributed by atoms with E-state index in [0.29, 0.717) is 3.57 Å². The van der Waals surface area contributed by atoms with Crippen molar-refractivity contribution in [3.8, 4) is 5.75 Å². The minimum absolute atomic E-state index is 0.114. The van der Waals surface area contributed by atoms with Gasteiger partial charge in [-0.25, -0.2) is 4.79 Å². The van der Waals surface area contributed by atoms with Gasteiger partial charge in [0.15, 0.2) is 0 Å². The highest BCUT2D eigenvalue weighted by Gasteiger charge is 2.22. The molecule has 0 radical (unpaired) electrons. The molecule has 8 heteroatoms. The number of nitro groups is 1. The van der Waals surface area contributed by atoms with E-state index in [1.807, 2.05) is 0 Å². The first-order valence-electron chi connectivity index (χ1n) is 5.27. The number of nitrogens with zero attached hydrogens (tertiary/aromatic N) is 1. The number of aromatic hydroxyl groups is 1. The molecule has 1 amide bonds. The topological polar surface area (TPSA) is 102 Å². The number of nitro benzene ring substituents is 1. The normalized spacial score (nSPS) is 10.9. The predicted molar refractivity (Wildman–Crippen MR) is 77.3 cm³/mol. The molecule has 0 aliphatic carbocycles. The Labute approximate surface area is 123 Å². The zero-order valence-electron chi connectivity index (χ0n) is 10.6. The molecule has 1 aromatic rings. The minimum Gasteiger partial charge on any atom is -0.507 e. The maximum Gasteiger partial charge on any atom is 0.412 e. The molecule has 1 rings (SSSR count). The Kier molecular flexibility index (Phi) is 4.56. The van der Waals surface area contributed by atoms with Crippen LogP contribution in [0.25, 0.3) is 0 Å². The van der Waals surface area contributed by atoms with Gasteiger partial charge in [0, 0.05) is 12.1 Å². The van der Waals surface area contributed by atoms with Gasteiger partial charge in [-0.3, -0.25) is 15.4 Å². The minimum atomic E-state index is -0.823. The Hall–Kier alpha value is -1.58. The molecule has 19 heavy (non-hydrogen) atoms. The monoisotopic (exact) mass is 380 g/mol. The van der Waals surface area contributed by atoms with E-state index in [2.05, 4.69) is 5.32 Å². The number of ether oxygens (including phenoxy) is 1. The molecule has 0 fully saturated rings. The lowest BCUT2D eigenvalue weighted by atomic mass is 10.2. The van der Waals surface area contributed by atoms with Crippen LogP contribution in [0.2, 0.25) is 0 Å². The largest absolute Gasteiger partial charge is 0.507 e. The van der Waals surface area contributed by atoms with Gasteiger partial charge in [0.25, 0.3) is 5.69 Å². The summed E-state index contributed by atoms with van der Waals surface area (Å²) in [6.45, 7) is 5.02. The van der Waals surface area contributed by atoms with Crippen LogP contribution in [-0.4, -0.2) is 21.7 Å². The summed E-state index contributed by atoms with van der Waals surface area (Å²) >= 11 is 1.76. The second-order valence-corrected chi connectivity index (χ2v) is 5.87. The van der Waals surface area contributed by atoms with Crippen molar-refractivity contribution in [1.82, 2.24) is 0 Å². The van der Waals surface area contributed by atoms with Crippen LogP contribution < -0.4 is 5.32 Å². The molecule has 104 valence electrons. The summed E-state index contributed by atoms with van der Waals surface area (Å²) < 4.78 is 5.31. The number of carbonyl (C=O) groups is 1. The van der Waals surface area contributed by atoms with E-state index in [-0.39, 0.29) is 17.1 Å². The third kappa shape index (κ3) is 4.54. The van der Waals surface area contributed by atoms with E-state index in [9.17, 15) is 20.0 Å². The number of carbonyl (C=O) groups excluding carboxylic acids is 1. The van der Waals surface area contributed by atoms with Crippen LogP contribution in [0.15, 0.2) is 12.1 Å². The highest BCUT2D eigenvalue weighted by Crippen LogP contribution is 2.33. The number of amides is 1. The van der Waals surface area contributed by atoms with E-state index < -0.39 is 16.6 Å². The van der Waals surface area contributed by atoms with Gasteiger partial charge in [0.2, 0.25) is 0 Å². The Morgan fingerprint density at radius 3 is 2.53 bits per heavy atom. The molecule has 0 saturated heterocycles. The molecular formula is C11H13IN2O5. The van der Waals surface area contributed by atoms with Crippen molar-refractivity contribution in [1.29, 1.82) is 0 Å². The van der Waals surface area contributed by atoms with Crippen molar-refractivity contribution >= 4 is 40.1 Å². The number of hydrogen-bond donors (Lipinski definition) is 2. The first-order chi connectivity index (χ1) is 8.60. The molecule has 0 aliphatic rings. The predicted octanol–water partition coefficient (Wildman–Crippen LogP) is 3.25. The van der Waals surface area contributed by atoms with E-state index in [1.165, 1.54) is 6.07 Å². The Morgan fingerprint density at radius 2 is 2.05 bits per heavy atom. The van der Waals surface area contributed by atoms with E-state index in [0.717, 1.165) is 6.07 Å². The van der Waals surface area contributed by atoms with Crippen molar-refractivity contribution < 1.29 is 19.6 Å². The molecule has 0 aromatic heterocycles. The van der Waals surface area contributed by atoms with Crippen molar-refractivity contribution in [2.24, 2.45) is 0 Å². The highest BCUT2D eigenvalue weighted by molar-refractivity contribution is 14.1. The van der Waals surface area contributed by atoms with Crippen LogP contribution >= 0.6 is 22.6 Å². The molecular weight excluding hydrogens is 367 g/mol. The van der Waals surface area contributed by atoms with Gasteiger partial charge in [0.1, 0.15) is 17.0 Å². The van der Waals surface area contributed by atoms with Crippen LogP contribution in [0, 0.1) is 13.7 Å². The molecule has 0 unspecified atom stereocenters. The lowest BCUT2D eigenvalue weighted by Crippen LogP contribution is -2.27. The summed E-state index contributed by atoms with van der Waals surface area (Å²) in [5, 5.41) is 22.7. The van der Waals surface area contributed by atoms with Gasteiger partial charge < -0.3 is 9.84 Å². The first kappa shape index (κ1) is 15.5. The number of nitrogens with one attached hydrogen (secondary N) is 1. The number of rotatable bonds is 2. The van der Waals surface area contributed by atoms with E-state index in [1.54, 1.807) is 43.4 Å². The van der Waals surface area contributed by atoms with Crippen molar-refractivity contribution in [3.05, 3.63) is 25.8 Å². The van der Waals surface area contributed by atoms with Crippen LogP contribution in [0.1, 0.15) is 20.8 Å². The molecule has 1 aromatic carbocycles. The van der Waals surface area contributed by atoms with Crippen LogP contribution in [0.3, 0.4) is 0 Å². The Bertz CT molecular complexity index is 525. The number of halogens is 1.